The van der Waals surface area contributed by atoms with Gasteiger partial charge < -0.3 is 10.4 Å². The summed E-state index contributed by atoms with van der Waals surface area (Å²) in [6.45, 7) is 1.86. The normalized spacial score (nSPS) is 12.2. The van der Waals surface area contributed by atoms with Gasteiger partial charge in [0.2, 0.25) is 0 Å². The molecule has 0 spiro atoms. The van der Waals surface area contributed by atoms with Crippen molar-refractivity contribution in [3.63, 3.8) is 0 Å². The molecule has 0 aliphatic rings. The molecule has 0 heterocycles. The molecular formula is C11H14F2N2O3. The second kappa shape index (κ2) is 6.25. The summed E-state index contributed by atoms with van der Waals surface area (Å²) in [5.41, 5.74) is -1.11. The van der Waals surface area contributed by atoms with Crippen LogP contribution in [-0.2, 0) is 0 Å². The van der Waals surface area contributed by atoms with Crippen molar-refractivity contribution in [3.8, 4) is 0 Å². The van der Waals surface area contributed by atoms with E-state index in [-0.39, 0.29) is 6.54 Å². The van der Waals surface area contributed by atoms with Gasteiger partial charge in [0.05, 0.1) is 23.2 Å². The lowest BCUT2D eigenvalue weighted by Crippen LogP contribution is -2.20. The lowest BCUT2D eigenvalue weighted by Gasteiger charge is -2.12. The lowest BCUT2D eigenvalue weighted by molar-refractivity contribution is -0.385. The number of hydrogen-bond acceptors (Lipinski definition) is 4. The first-order valence-electron chi connectivity index (χ1n) is 5.51. The van der Waals surface area contributed by atoms with Crippen LogP contribution in [0.3, 0.4) is 0 Å². The van der Waals surface area contributed by atoms with E-state index in [9.17, 15) is 24.0 Å². The maximum Gasteiger partial charge on any atom is 0.275 e. The number of nitro groups is 1. The van der Waals surface area contributed by atoms with Crippen molar-refractivity contribution in [2.75, 3.05) is 11.9 Å². The van der Waals surface area contributed by atoms with Crippen molar-refractivity contribution < 1.29 is 18.8 Å². The third-order valence-corrected chi connectivity index (χ3v) is 2.37. The van der Waals surface area contributed by atoms with Crippen molar-refractivity contribution in [3.05, 3.63) is 33.9 Å². The van der Waals surface area contributed by atoms with Crippen molar-refractivity contribution in [2.24, 2.45) is 0 Å². The predicted molar refractivity (Wildman–Crippen MR) is 62.4 cm³/mol. The van der Waals surface area contributed by atoms with Crippen LogP contribution in [0.4, 0.5) is 20.2 Å². The first-order chi connectivity index (χ1) is 8.45. The van der Waals surface area contributed by atoms with E-state index in [2.05, 4.69) is 5.32 Å². The molecule has 1 atom stereocenters. The second-order valence-corrected chi connectivity index (χ2v) is 3.86. The molecule has 0 saturated heterocycles. The number of halogens is 2. The SMILES string of the molecule is CCCC(O)CNc1c(F)cc([N+](=O)[O-])cc1F. The zero-order chi connectivity index (χ0) is 13.7. The average Bonchev–Trinajstić information content (AvgIpc) is 2.27. The van der Waals surface area contributed by atoms with Gasteiger partial charge in [0, 0.05) is 6.54 Å². The van der Waals surface area contributed by atoms with Gasteiger partial charge in [0.1, 0.15) is 5.69 Å². The highest BCUT2D eigenvalue weighted by molar-refractivity contribution is 5.51. The Morgan fingerprint density at radius 1 is 1.44 bits per heavy atom. The number of aliphatic hydroxyl groups is 1. The van der Waals surface area contributed by atoms with Gasteiger partial charge in [-0.3, -0.25) is 10.1 Å². The predicted octanol–water partition coefficient (Wildman–Crippen LogP) is 2.45. The Balaban J connectivity index is 2.81. The molecule has 0 aliphatic heterocycles. The van der Waals surface area contributed by atoms with Crippen LogP contribution in [0.1, 0.15) is 19.8 Å². The topological polar surface area (TPSA) is 75.4 Å². The number of rotatable bonds is 6. The minimum atomic E-state index is -1.05. The van der Waals surface area contributed by atoms with Gasteiger partial charge in [-0.1, -0.05) is 13.3 Å². The molecule has 0 bridgehead atoms. The third-order valence-electron chi connectivity index (χ3n) is 2.37. The number of aliphatic hydroxyl groups excluding tert-OH is 1. The van der Waals surface area contributed by atoms with Crippen LogP contribution in [0.25, 0.3) is 0 Å². The number of anilines is 1. The number of nitro benzene ring substituents is 1. The Kier molecular flexibility index (Phi) is 4.96. The molecule has 5 nitrogen and oxygen atoms in total. The summed E-state index contributed by atoms with van der Waals surface area (Å²) in [5.74, 6) is -2.10. The number of non-ortho nitro benzene ring substituents is 1. The minimum absolute atomic E-state index is 0.0144. The fourth-order valence-corrected chi connectivity index (χ4v) is 1.49. The van der Waals surface area contributed by atoms with Crippen molar-refractivity contribution in [2.45, 2.75) is 25.9 Å². The highest BCUT2D eigenvalue weighted by Crippen LogP contribution is 2.24. The van der Waals surface area contributed by atoms with Crippen LogP contribution in [0.5, 0.6) is 0 Å². The Labute approximate surface area is 103 Å². The molecule has 0 radical (unpaired) electrons. The molecule has 100 valence electrons. The highest BCUT2D eigenvalue weighted by atomic mass is 19.1. The van der Waals surface area contributed by atoms with Crippen LogP contribution in [0.15, 0.2) is 12.1 Å². The first-order valence-corrected chi connectivity index (χ1v) is 5.51. The van der Waals surface area contributed by atoms with E-state index in [1.165, 1.54) is 0 Å². The molecule has 7 heteroatoms. The number of nitrogens with one attached hydrogen (secondary N) is 1. The van der Waals surface area contributed by atoms with Crippen molar-refractivity contribution >= 4 is 11.4 Å². The number of nitrogens with zero attached hydrogens (tertiary/aromatic N) is 1. The number of benzene rings is 1. The molecule has 0 fully saturated rings. The van der Waals surface area contributed by atoms with E-state index in [4.69, 9.17) is 0 Å². The van der Waals surface area contributed by atoms with Gasteiger partial charge >= 0.3 is 0 Å². The number of hydrogen-bond donors (Lipinski definition) is 2. The summed E-state index contributed by atoms with van der Waals surface area (Å²) < 4.78 is 26.8. The van der Waals surface area contributed by atoms with E-state index >= 15 is 0 Å². The smallest absolute Gasteiger partial charge is 0.275 e. The molecule has 0 saturated carbocycles. The fraction of sp³-hybridized carbons (Fsp3) is 0.455. The maximum absolute atomic E-state index is 13.4. The minimum Gasteiger partial charge on any atom is -0.391 e. The van der Waals surface area contributed by atoms with Gasteiger partial charge in [-0.2, -0.15) is 0 Å². The van der Waals surface area contributed by atoms with Crippen LogP contribution >= 0.6 is 0 Å². The molecule has 0 aromatic heterocycles. The second-order valence-electron chi connectivity index (χ2n) is 3.86. The van der Waals surface area contributed by atoms with E-state index in [1.807, 2.05) is 6.92 Å². The monoisotopic (exact) mass is 260 g/mol. The quantitative estimate of drug-likeness (QED) is 0.608. The van der Waals surface area contributed by atoms with Crippen molar-refractivity contribution in [1.29, 1.82) is 0 Å². The first kappa shape index (κ1) is 14.3. The van der Waals surface area contributed by atoms with Crippen LogP contribution in [0, 0.1) is 21.7 Å². The van der Waals surface area contributed by atoms with E-state index < -0.39 is 34.0 Å². The van der Waals surface area contributed by atoms with Gasteiger partial charge in [-0.05, 0) is 6.42 Å². The van der Waals surface area contributed by atoms with Gasteiger partial charge in [0.25, 0.3) is 5.69 Å². The molecule has 2 N–H and O–H groups in total. The largest absolute Gasteiger partial charge is 0.391 e. The third kappa shape index (κ3) is 3.63. The zero-order valence-electron chi connectivity index (χ0n) is 9.82. The van der Waals surface area contributed by atoms with E-state index in [0.717, 1.165) is 6.42 Å². The molecule has 1 unspecified atom stereocenters. The van der Waals surface area contributed by atoms with Crippen LogP contribution < -0.4 is 5.32 Å². The molecule has 1 aromatic rings. The zero-order valence-corrected chi connectivity index (χ0v) is 9.82. The standard InChI is InChI=1S/C11H14F2N2O3/c1-2-3-8(16)6-14-11-9(12)4-7(15(17)18)5-10(11)13/h4-5,8,14,16H,2-3,6H2,1H3. The average molecular weight is 260 g/mol. The molecular weight excluding hydrogens is 246 g/mol. The van der Waals surface area contributed by atoms with Crippen LogP contribution in [0.2, 0.25) is 0 Å². The summed E-state index contributed by atoms with van der Waals surface area (Å²) in [6.07, 6.45) is 0.529. The van der Waals surface area contributed by atoms with E-state index in [1.54, 1.807) is 0 Å². The molecule has 1 rings (SSSR count). The fourth-order valence-electron chi connectivity index (χ4n) is 1.49. The summed E-state index contributed by atoms with van der Waals surface area (Å²) in [5, 5.41) is 22.2. The molecule has 18 heavy (non-hydrogen) atoms. The Morgan fingerprint density at radius 3 is 2.44 bits per heavy atom. The molecule has 0 aliphatic carbocycles. The van der Waals surface area contributed by atoms with Crippen molar-refractivity contribution in [1.82, 2.24) is 0 Å². The van der Waals surface area contributed by atoms with E-state index in [0.29, 0.717) is 18.6 Å². The summed E-state index contributed by atoms with van der Waals surface area (Å²) >= 11 is 0. The molecule has 0 amide bonds. The summed E-state index contributed by atoms with van der Waals surface area (Å²) in [6, 6.07) is 1.27. The maximum atomic E-state index is 13.4. The summed E-state index contributed by atoms with van der Waals surface area (Å²) in [7, 11) is 0. The van der Waals surface area contributed by atoms with Gasteiger partial charge in [-0.25, -0.2) is 8.78 Å². The Morgan fingerprint density at radius 2 is 2.00 bits per heavy atom. The Bertz CT molecular complexity index is 417. The highest BCUT2D eigenvalue weighted by Gasteiger charge is 2.17. The Hall–Kier alpha value is -1.76. The lowest BCUT2D eigenvalue weighted by atomic mass is 10.2. The van der Waals surface area contributed by atoms with Gasteiger partial charge in [-0.15, -0.1) is 0 Å². The van der Waals surface area contributed by atoms with Gasteiger partial charge in [0.15, 0.2) is 11.6 Å². The van der Waals surface area contributed by atoms with Crippen LogP contribution in [-0.4, -0.2) is 22.7 Å². The molecule has 1 aromatic carbocycles. The summed E-state index contributed by atoms with van der Waals surface area (Å²) in [4.78, 5) is 9.51.